The first-order valence-corrected chi connectivity index (χ1v) is 6.49. The molecule has 0 saturated heterocycles. The van der Waals surface area contributed by atoms with Gasteiger partial charge in [-0.1, -0.05) is 64.7 Å². The normalized spacial score (nSPS) is 9.81. The molecule has 0 amide bonds. The average molecular weight is 302 g/mol. The first-order valence-electron chi connectivity index (χ1n) is 6.49. The van der Waals surface area contributed by atoms with Crippen molar-refractivity contribution in [2.24, 2.45) is 0 Å². The van der Waals surface area contributed by atoms with E-state index in [9.17, 15) is 4.79 Å². The van der Waals surface area contributed by atoms with E-state index in [2.05, 4.69) is 6.92 Å². The zero-order valence-electron chi connectivity index (χ0n) is 10.8. The van der Waals surface area contributed by atoms with E-state index in [-0.39, 0.29) is 45.5 Å². The second-order valence-electron chi connectivity index (χ2n) is 4.33. The van der Waals surface area contributed by atoms with Gasteiger partial charge in [-0.25, -0.2) is 0 Å². The van der Waals surface area contributed by atoms with Crippen molar-refractivity contribution in [1.29, 1.82) is 0 Å². The Bertz CT molecular complexity index is 149. The van der Waals surface area contributed by atoms with Crippen LogP contribution in [-0.2, 0) is 4.79 Å². The Labute approximate surface area is 137 Å². The first-order chi connectivity index (χ1) is 7.27. The van der Waals surface area contributed by atoms with Crippen LogP contribution in [0.5, 0.6) is 0 Å². The molecule has 0 aromatic heterocycles. The quantitative estimate of drug-likeness (QED) is 0.462. The van der Waals surface area contributed by atoms with Gasteiger partial charge in [0.25, 0.3) is 0 Å². The molecular weight excluding hydrogens is 276 g/mol. The van der Waals surface area contributed by atoms with Crippen LogP contribution in [0.25, 0.3) is 0 Å². The Balaban J connectivity index is 0. The van der Waals surface area contributed by atoms with E-state index in [1.165, 1.54) is 51.4 Å². The van der Waals surface area contributed by atoms with Crippen LogP contribution in [0.1, 0.15) is 77.6 Å². The summed E-state index contributed by atoms with van der Waals surface area (Å²) in [5.74, 6) is -0.658. The van der Waals surface area contributed by atoms with Crippen molar-refractivity contribution in [2.75, 3.05) is 0 Å². The molecule has 0 spiro atoms. The van der Waals surface area contributed by atoms with E-state index >= 15 is 0 Å². The van der Waals surface area contributed by atoms with Gasteiger partial charge in [-0.2, -0.15) is 0 Å². The Morgan fingerprint density at radius 1 is 0.812 bits per heavy atom. The summed E-state index contributed by atoms with van der Waals surface area (Å²) in [6.07, 6.45) is 12.9. The molecule has 0 aromatic rings. The van der Waals surface area contributed by atoms with E-state index in [0.717, 1.165) is 12.8 Å². The fraction of sp³-hybridized carbons (Fsp3) is 0.923. The zero-order valence-corrected chi connectivity index (χ0v) is 14.3. The summed E-state index contributed by atoms with van der Waals surface area (Å²) in [6, 6.07) is 0. The zero-order chi connectivity index (χ0) is 11.4. The number of aliphatic carboxylic acids is 1. The smallest absolute Gasteiger partial charge is 0.303 e. The molecule has 0 heterocycles. The van der Waals surface area contributed by atoms with Gasteiger partial charge in [-0.05, 0) is 6.42 Å². The Morgan fingerprint density at radius 2 is 1.19 bits per heavy atom. The predicted octanol–water partition coefficient (Wildman–Crippen LogP) is 4.00. The summed E-state index contributed by atoms with van der Waals surface area (Å²) in [7, 11) is 0. The topological polar surface area (TPSA) is 37.3 Å². The van der Waals surface area contributed by atoms with E-state index in [0.29, 0.717) is 6.42 Å². The standard InChI is InChI=1S/C13H26O2.Sr/c1-2-3-4-5-6-7-8-9-10-11-12-13(14)15;/h2-12H2,1H3,(H,14,15);. The maximum Gasteiger partial charge on any atom is 0.303 e. The third-order valence-corrected chi connectivity index (χ3v) is 2.74. The molecule has 0 aliphatic carbocycles. The van der Waals surface area contributed by atoms with E-state index in [1.807, 2.05) is 0 Å². The van der Waals surface area contributed by atoms with Crippen LogP contribution < -0.4 is 0 Å². The second kappa shape index (κ2) is 16.0. The van der Waals surface area contributed by atoms with Crippen LogP contribution in [0.2, 0.25) is 0 Å². The minimum atomic E-state index is -0.658. The summed E-state index contributed by atoms with van der Waals surface area (Å²) in [5, 5.41) is 8.44. The molecule has 0 rings (SSSR count). The van der Waals surface area contributed by atoms with Crippen LogP contribution in [0.4, 0.5) is 0 Å². The van der Waals surface area contributed by atoms with Gasteiger partial charge < -0.3 is 5.11 Å². The number of unbranched alkanes of at least 4 members (excludes halogenated alkanes) is 9. The van der Waals surface area contributed by atoms with Crippen molar-refractivity contribution in [1.82, 2.24) is 0 Å². The molecule has 0 aliphatic rings. The molecule has 2 radical (unpaired) electrons. The van der Waals surface area contributed by atoms with E-state index in [4.69, 9.17) is 5.11 Å². The molecule has 0 aromatic carbocycles. The monoisotopic (exact) mass is 302 g/mol. The van der Waals surface area contributed by atoms with Crippen molar-refractivity contribution in [3.05, 3.63) is 0 Å². The van der Waals surface area contributed by atoms with E-state index in [1.54, 1.807) is 0 Å². The molecule has 92 valence electrons. The molecule has 0 bridgehead atoms. The molecule has 0 atom stereocenters. The van der Waals surface area contributed by atoms with Crippen LogP contribution in [0.3, 0.4) is 0 Å². The van der Waals surface area contributed by atoms with Gasteiger partial charge in [0.15, 0.2) is 0 Å². The number of rotatable bonds is 11. The van der Waals surface area contributed by atoms with Crippen LogP contribution in [0.15, 0.2) is 0 Å². The molecule has 3 heteroatoms. The Hall–Kier alpha value is 0.951. The second-order valence-corrected chi connectivity index (χ2v) is 4.33. The molecule has 0 fully saturated rings. The predicted molar refractivity (Wildman–Crippen MR) is 69.9 cm³/mol. The summed E-state index contributed by atoms with van der Waals surface area (Å²) in [5.41, 5.74) is 0. The number of carboxylic acids is 1. The van der Waals surface area contributed by atoms with Crippen molar-refractivity contribution in [2.45, 2.75) is 77.6 Å². The van der Waals surface area contributed by atoms with Gasteiger partial charge in [-0.3, -0.25) is 4.79 Å². The van der Waals surface area contributed by atoms with Gasteiger partial charge in [0, 0.05) is 51.9 Å². The van der Waals surface area contributed by atoms with Crippen molar-refractivity contribution in [3.8, 4) is 0 Å². The SMILES string of the molecule is CCCCCCCCCCCCC(=O)O.[Sr]. The first kappa shape index (κ1) is 19.3. The fourth-order valence-electron chi connectivity index (χ4n) is 1.76. The van der Waals surface area contributed by atoms with Crippen LogP contribution in [-0.4, -0.2) is 56.6 Å². The van der Waals surface area contributed by atoms with Crippen LogP contribution in [0, 0.1) is 0 Å². The van der Waals surface area contributed by atoms with Crippen LogP contribution >= 0.6 is 0 Å². The molecule has 0 saturated carbocycles. The molecule has 0 aliphatic heterocycles. The maximum atomic E-state index is 10.2. The summed E-state index contributed by atoms with van der Waals surface area (Å²) < 4.78 is 0. The number of hydrogen-bond acceptors (Lipinski definition) is 1. The van der Waals surface area contributed by atoms with Crippen molar-refractivity contribution in [3.63, 3.8) is 0 Å². The van der Waals surface area contributed by atoms with Gasteiger partial charge in [0.1, 0.15) is 0 Å². The molecular formula is C13H26O2Sr. The summed E-state index contributed by atoms with van der Waals surface area (Å²) >= 11 is 0. The number of hydrogen-bond donors (Lipinski definition) is 1. The Kier molecular flexibility index (Phi) is 19.2. The largest absolute Gasteiger partial charge is 0.481 e. The number of carboxylic acid groups (broad SMARTS) is 1. The summed E-state index contributed by atoms with van der Waals surface area (Å²) in [4.78, 5) is 10.2. The minimum Gasteiger partial charge on any atom is -0.481 e. The van der Waals surface area contributed by atoms with Gasteiger partial charge in [0.05, 0.1) is 0 Å². The molecule has 16 heavy (non-hydrogen) atoms. The molecule has 2 nitrogen and oxygen atoms in total. The fourth-order valence-corrected chi connectivity index (χ4v) is 1.76. The summed E-state index contributed by atoms with van der Waals surface area (Å²) in [6.45, 7) is 2.24. The third-order valence-electron chi connectivity index (χ3n) is 2.74. The number of carbonyl (C=O) groups is 1. The van der Waals surface area contributed by atoms with Gasteiger partial charge in [-0.15, -0.1) is 0 Å². The molecule has 1 N–H and O–H groups in total. The molecule has 0 unspecified atom stereocenters. The third kappa shape index (κ3) is 17.3. The maximum absolute atomic E-state index is 10.2. The van der Waals surface area contributed by atoms with E-state index < -0.39 is 5.97 Å². The van der Waals surface area contributed by atoms with Gasteiger partial charge in [0.2, 0.25) is 0 Å². The average Bonchev–Trinajstić information content (AvgIpc) is 2.20. The minimum absolute atomic E-state index is 0. The van der Waals surface area contributed by atoms with Crippen molar-refractivity contribution >= 4 is 51.5 Å². The Morgan fingerprint density at radius 3 is 1.56 bits per heavy atom. The van der Waals surface area contributed by atoms with Crippen molar-refractivity contribution < 1.29 is 9.90 Å². The van der Waals surface area contributed by atoms with Gasteiger partial charge >= 0.3 is 5.97 Å².